The van der Waals surface area contributed by atoms with E-state index in [4.69, 9.17) is 5.73 Å². The molecule has 0 saturated carbocycles. The lowest BCUT2D eigenvalue weighted by Crippen LogP contribution is -2.30. The summed E-state index contributed by atoms with van der Waals surface area (Å²) in [5.41, 5.74) is 7.48. The van der Waals surface area contributed by atoms with Gasteiger partial charge in [0.05, 0.1) is 24.0 Å². The molecule has 4 heteroatoms. The molecule has 0 aliphatic carbocycles. The number of nitrogens with one attached hydrogen (secondary N) is 1. The lowest BCUT2D eigenvalue weighted by molar-refractivity contribution is 0.0602. The minimum atomic E-state index is -0.416. The van der Waals surface area contributed by atoms with Crippen molar-refractivity contribution in [1.29, 1.82) is 0 Å². The van der Waals surface area contributed by atoms with Crippen LogP contribution in [-0.4, -0.2) is 18.6 Å². The molecule has 1 aromatic rings. The van der Waals surface area contributed by atoms with Gasteiger partial charge in [-0.1, -0.05) is 13.0 Å². The molecule has 0 bridgehead atoms. The highest BCUT2D eigenvalue weighted by Crippen LogP contribution is 2.27. The summed E-state index contributed by atoms with van der Waals surface area (Å²) in [4.78, 5) is 11.5. The van der Waals surface area contributed by atoms with Crippen molar-refractivity contribution in [2.45, 2.75) is 32.7 Å². The van der Waals surface area contributed by atoms with Gasteiger partial charge in [-0.25, -0.2) is 4.79 Å². The van der Waals surface area contributed by atoms with Gasteiger partial charge < -0.3 is 15.8 Å². The van der Waals surface area contributed by atoms with Gasteiger partial charge in [-0.15, -0.1) is 0 Å². The van der Waals surface area contributed by atoms with Gasteiger partial charge in [-0.05, 0) is 32.4 Å². The molecule has 0 unspecified atom stereocenters. The second-order valence-corrected chi connectivity index (χ2v) is 4.62. The van der Waals surface area contributed by atoms with Crippen LogP contribution in [0.25, 0.3) is 0 Å². The monoisotopic (exact) mass is 236 g/mol. The average Bonchev–Trinajstić information content (AvgIpc) is 2.31. The Morgan fingerprint density at radius 3 is 2.65 bits per heavy atom. The largest absolute Gasteiger partial charge is 0.465 e. The summed E-state index contributed by atoms with van der Waals surface area (Å²) in [6.07, 6.45) is 0.953. The van der Waals surface area contributed by atoms with Crippen molar-refractivity contribution in [3.05, 3.63) is 23.8 Å². The summed E-state index contributed by atoms with van der Waals surface area (Å²) in [5, 5.41) is 3.32. The molecular weight excluding hydrogens is 216 g/mol. The summed E-state index contributed by atoms with van der Waals surface area (Å²) in [7, 11) is 1.35. The third-order valence-electron chi connectivity index (χ3n) is 2.87. The van der Waals surface area contributed by atoms with Crippen LogP contribution >= 0.6 is 0 Å². The topological polar surface area (TPSA) is 64.3 Å². The third-order valence-corrected chi connectivity index (χ3v) is 2.87. The molecule has 1 rings (SSSR count). The molecule has 0 atom stereocenters. The fourth-order valence-corrected chi connectivity index (χ4v) is 1.42. The standard InChI is InChI=1S/C13H20N2O2/c1-5-13(2,3)15-10-8-6-7-9(11(10)14)12(16)17-4/h6-8,15H,5,14H2,1-4H3. The van der Waals surface area contributed by atoms with Gasteiger partial charge >= 0.3 is 5.97 Å². The van der Waals surface area contributed by atoms with E-state index in [1.54, 1.807) is 12.1 Å². The van der Waals surface area contributed by atoms with E-state index in [1.807, 2.05) is 6.07 Å². The average molecular weight is 236 g/mol. The number of rotatable bonds is 4. The van der Waals surface area contributed by atoms with Gasteiger partial charge in [0.2, 0.25) is 0 Å². The molecule has 0 radical (unpaired) electrons. The maximum atomic E-state index is 11.5. The van der Waals surface area contributed by atoms with Gasteiger partial charge in [0.1, 0.15) is 0 Å². The number of anilines is 2. The van der Waals surface area contributed by atoms with Crippen molar-refractivity contribution < 1.29 is 9.53 Å². The van der Waals surface area contributed by atoms with Crippen molar-refractivity contribution in [3.63, 3.8) is 0 Å². The highest BCUT2D eigenvalue weighted by atomic mass is 16.5. The number of hydrogen-bond acceptors (Lipinski definition) is 4. The van der Waals surface area contributed by atoms with Crippen molar-refractivity contribution in [1.82, 2.24) is 0 Å². The maximum absolute atomic E-state index is 11.5. The van der Waals surface area contributed by atoms with E-state index in [9.17, 15) is 4.79 Å². The third kappa shape index (κ3) is 3.12. The van der Waals surface area contributed by atoms with Crippen LogP contribution in [0.2, 0.25) is 0 Å². The number of methoxy groups -OCH3 is 1. The molecule has 94 valence electrons. The number of hydrogen-bond donors (Lipinski definition) is 2. The zero-order valence-electron chi connectivity index (χ0n) is 10.8. The number of benzene rings is 1. The summed E-state index contributed by atoms with van der Waals surface area (Å²) < 4.78 is 4.68. The van der Waals surface area contributed by atoms with Crippen LogP contribution in [0, 0.1) is 0 Å². The molecule has 3 N–H and O–H groups in total. The molecule has 0 amide bonds. The Labute approximate surface area is 102 Å². The van der Waals surface area contributed by atoms with E-state index in [0.29, 0.717) is 11.3 Å². The highest BCUT2D eigenvalue weighted by molar-refractivity contribution is 5.98. The summed E-state index contributed by atoms with van der Waals surface area (Å²) >= 11 is 0. The number of nitrogen functional groups attached to an aromatic ring is 1. The lowest BCUT2D eigenvalue weighted by Gasteiger charge is -2.27. The SMILES string of the molecule is CCC(C)(C)Nc1cccc(C(=O)OC)c1N. The molecule has 0 saturated heterocycles. The van der Waals surface area contributed by atoms with Crippen LogP contribution < -0.4 is 11.1 Å². The van der Waals surface area contributed by atoms with E-state index in [2.05, 4.69) is 30.8 Å². The number of ether oxygens (including phenoxy) is 1. The maximum Gasteiger partial charge on any atom is 0.340 e. The van der Waals surface area contributed by atoms with Gasteiger partial charge in [0.15, 0.2) is 0 Å². The van der Waals surface area contributed by atoms with Crippen molar-refractivity contribution in [2.24, 2.45) is 0 Å². The summed E-state index contributed by atoms with van der Waals surface area (Å²) in [5.74, 6) is -0.416. The molecule has 0 spiro atoms. The minimum Gasteiger partial charge on any atom is -0.465 e. The minimum absolute atomic E-state index is 0.0666. The molecule has 1 aromatic carbocycles. The van der Waals surface area contributed by atoms with E-state index in [0.717, 1.165) is 12.1 Å². The van der Waals surface area contributed by atoms with Crippen LogP contribution in [0.3, 0.4) is 0 Å². The Balaban J connectivity index is 3.07. The Kier molecular flexibility index (Phi) is 3.99. The Hall–Kier alpha value is -1.71. The number of carbonyl (C=O) groups excluding carboxylic acids is 1. The van der Waals surface area contributed by atoms with Crippen LogP contribution in [0.4, 0.5) is 11.4 Å². The predicted molar refractivity (Wildman–Crippen MR) is 70.2 cm³/mol. The Bertz CT molecular complexity index is 414. The normalized spacial score (nSPS) is 11.1. The number of esters is 1. The smallest absolute Gasteiger partial charge is 0.340 e. The molecular formula is C13H20N2O2. The molecule has 4 nitrogen and oxygen atoms in total. The summed E-state index contributed by atoms with van der Waals surface area (Å²) in [6, 6.07) is 5.31. The second-order valence-electron chi connectivity index (χ2n) is 4.62. The first kappa shape index (κ1) is 13.4. The number of nitrogens with two attached hydrogens (primary N) is 1. The van der Waals surface area contributed by atoms with Gasteiger partial charge in [0, 0.05) is 5.54 Å². The predicted octanol–water partition coefficient (Wildman–Crippen LogP) is 2.66. The molecule has 0 aliphatic rings. The van der Waals surface area contributed by atoms with Crippen molar-refractivity contribution in [2.75, 3.05) is 18.2 Å². The lowest BCUT2D eigenvalue weighted by atomic mass is 10.0. The first-order chi connectivity index (χ1) is 7.91. The molecule has 17 heavy (non-hydrogen) atoms. The van der Waals surface area contributed by atoms with Crippen LogP contribution in [0.1, 0.15) is 37.6 Å². The molecule has 0 heterocycles. The Morgan fingerprint density at radius 1 is 1.47 bits per heavy atom. The van der Waals surface area contributed by atoms with Crippen LogP contribution in [0.5, 0.6) is 0 Å². The second kappa shape index (κ2) is 5.08. The fourth-order valence-electron chi connectivity index (χ4n) is 1.42. The quantitative estimate of drug-likeness (QED) is 0.623. The highest BCUT2D eigenvalue weighted by Gasteiger charge is 2.18. The van der Waals surface area contributed by atoms with Crippen LogP contribution in [-0.2, 0) is 4.74 Å². The molecule has 0 aromatic heterocycles. The fraction of sp³-hybridized carbons (Fsp3) is 0.462. The Morgan fingerprint density at radius 2 is 2.12 bits per heavy atom. The zero-order chi connectivity index (χ0) is 13.1. The van der Waals surface area contributed by atoms with Gasteiger partial charge in [-0.2, -0.15) is 0 Å². The zero-order valence-corrected chi connectivity index (χ0v) is 10.8. The van der Waals surface area contributed by atoms with E-state index < -0.39 is 5.97 Å². The first-order valence-corrected chi connectivity index (χ1v) is 5.66. The van der Waals surface area contributed by atoms with E-state index in [1.165, 1.54) is 7.11 Å². The summed E-state index contributed by atoms with van der Waals surface area (Å²) in [6.45, 7) is 6.25. The van der Waals surface area contributed by atoms with E-state index >= 15 is 0 Å². The van der Waals surface area contributed by atoms with E-state index in [-0.39, 0.29) is 5.54 Å². The molecule has 0 aliphatic heterocycles. The molecule has 0 fully saturated rings. The van der Waals surface area contributed by atoms with Gasteiger partial charge in [0.25, 0.3) is 0 Å². The van der Waals surface area contributed by atoms with Crippen LogP contribution in [0.15, 0.2) is 18.2 Å². The van der Waals surface area contributed by atoms with Gasteiger partial charge in [-0.3, -0.25) is 0 Å². The van der Waals surface area contributed by atoms with Crippen molar-refractivity contribution in [3.8, 4) is 0 Å². The number of para-hydroxylation sites is 1. The van der Waals surface area contributed by atoms with Crippen molar-refractivity contribution >= 4 is 17.3 Å². The first-order valence-electron chi connectivity index (χ1n) is 5.66. The number of carbonyl (C=O) groups is 1.